The fraction of sp³-hybridized carbons (Fsp3) is 0.455. The van der Waals surface area contributed by atoms with Gasteiger partial charge in [0.1, 0.15) is 17.3 Å². The number of amides is 4. The van der Waals surface area contributed by atoms with Gasteiger partial charge in [0, 0.05) is 38.2 Å². The summed E-state index contributed by atoms with van der Waals surface area (Å²) in [5, 5.41) is 7.27. The summed E-state index contributed by atoms with van der Waals surface area (Å²) in [5.74, 6) is -3.39. The van der Waals surface area contributed by atoms with Crippen molar-refractivity contribution >= 4 is 35.1 Å². The Kier molecular flexibility index (Phi) is 7.33. The van der Waals surface area contributed by atoms with Crippen molar-refractivity contribution in [2.24, 2.45) is 0 Å². The molecule has 0 aliphatic carbocycles. The zero-order valence-corrected chi connectivity index (χ0v) is 20.7. The molecule has 1 aromatic carbocycles. The van der Waals surface area contributed by atoms with E-state index >= 15 is 0 Å². The Morgan fingerprint density at radius 3 is 2.68 bits per heavy atom. The molecule has 2 aliphatic heterocycles. The molecule has 200 valence electrons. The molecular formula is C22H23ClF4N6O4. The number of hydrogen-bond donors (Lipinski definition) is 1. The Morgan fingerprint density at radius 1 is 1.30 bits per heavy atom. The molecule has 10 nitrogen and oxygen atoms in total. The molecule has 1 N–H and O–H groups in total. The lowest BCUT2D eigenvalue weighted by Crippen LogP contribution is -2.45. The fourth-order valence-corrected chi connectivity index (χ4v) is 4.45. The van der Waals surface area contributed by atoms with Crippen LogP contribution in [0.1, 0.15) is 28.7 Å². The number of rotatable bonds is 4. The van der Waals surface area contributed by atoms with Gasteiger partial charge in [0.25, 0.3) is 18.2 Å². The normalized spacial score (nSPS) is 19.4. The number of hydroxylamine groups is 2. The molecule has 15 heteroatoms. The molecule has 0 bridgehead atoms. The summed E-state index contributed by atoms with van der Waals surface area (Å²) in [7, 11) is 2.48. The van der Waals surface area contributed by atoms with Gasteiger partial charge in [-0.05, 0) is 13.0 Å². The van der Waals surface area contributed by atoms with Crippen LogP contribution in [0.2, 0.25) is 5.02 Å². The van der Waals surface area contributed by atoms with Crippen molar-refractivity contribution in [2.75, 3.05) is 26.0 Å². The molecule has 0 radical (unpaired) electrons. The lowest BCUT2D eigenvalue weighted by Gasteiger charge is -2.33. The molecule has 2 aliphatic rings. The second-order valence-electron chi connectivity index (χ2n) is 8.82. The zero-order chi connectivity index (χ0) is 27.2. The maximum atomic E-state index is 14.2. The predicted octanol–water partition coefficient (Wildman–Crippen LogP) is 2.90. The van der Waals surface area contributed by atoms with Gasteiger partial charge in [-0.15, -0.1) is 0 Å². The molecule has 0 fully saturated rings. The van der Waals surface area contributed by atoms with Crippen LogP contribution < -0.4 is 5.32 Å². The molecular weight excluding hydrogens is 524 g/mol. The molecule has 0 saturated heterocycles. The molecule has 1 aromatic heterocycles. The van der Waals surface area contributed by atoms with Crippen LogP contribution in [0.4, 0.5) is 28.0 Å². The minimum atomic E-state index is -2.75. The van der Waals surface area contributed by atoms with Gasteiger partial charge in [-0.1, -0.05) is 11.6 Å². The van der Waals surface area contributed by atoms with Gasteiger partial charge in [0.15, 0.2) is 6.10 Å². The second kappa shape index (κ2) is 10.2. The second-order valence-corrected chi connectivity index (χ2v) is 9.23. The lowest BCUT2D eigenvalue weighted by molar-refractivity contribution is -0.177. The Balaban J connectivity index is 1.60. The summed E-state index contributed by atoms with van der Waals surface area (Å²) in [6.07, 6.45) is -3.80. The van der Waals surface area contributed by atoms with Crippen LogP contribution in [0.5, 0.6) is 0 Å². The number of carbonyl (C=O) groups excluding carboxylic acids is 3. The largest absolute Gasteiger partial charge is 0.338 e. The number of anilines is 1. The SMILES string of the molecule is CC1Cc2nn3c(c2CN1C(=O)Nc1cc(Cl)c(F)cc1F)C(=O)N(C)OC(C(=O)N(C)CC(F)F)C3. The fourth-order valence-electron chi connectivity index (χ4n) is 4.29. The molecule has 2 atom stereocenters. The molecule has 3 heterocycles. The zero-order valence-electron chi connectivity index (χ0n) is 20.0. The van der Waals surface area contributed by atoms with Crippen LogP contribution in [-0.4, -0.2) is 81.7 Å². The number of alkyl halides is 2. The highest BCUT2D eigenvalue weighted by molar-refractivity contribution is 6.31. The Labute approximate surface area is 213 Å². The van der Waals surface area contributed by atoms with E-state index in [1.54, 1.807) is 6.92 Å². The Morgan fingerprint density at radius 2 is 2.00 bits per heavy atom. The molecule has 4 rings (SSSR count). The predicted molar refractivity (Wildman–Crippen MR) is 122 cm³/mol. The number of urea groups is 1. The number of likely N-dealkylation sites (N-methyl/N-ethyl adjacent to an activating group) is 1. The standard InChI is InChI=1S/C22H23ClF4N6O4/c1-10-4-15-11(7-32(10)22(36)28-16-5-12(23)13(24)6-14(16)25)19-21(35)31(3)37-17(8-33(19)29-15)20(34)30(2)9-18(26)27/h5-6,10,17-18H,4,7-9H2,1-3H3,(H,28,36). The van der Waals surface area contributed by atoms with Gasteiger partial charge in [0.2, 0.25) is 0 Å². The highest BCUT2D eigenvalue weighted by Crippen LogP contribution is 2.30. The van der Waals surface area contributed by atoms with Crippen molar-refractivity contribution < 1.29 is 36.8 Å². The number of fused-ring (bicyclic) bond motifs is 3. The monoisotopic (exact) mass is 546 g/mol. The number of aromatic nitrogens is 2. The first-order valence-electron chi connectivity index (χ1n) is 11.2. The smallest absolute Gasteiger partial charge is 0.322 e. The molecule has 4 amide bonds. The summed E-state index contributed by atoms with van der Waals surface area (Å²) >= 11 is 5.70. The number of nitrogens with one attached hydrogen (secondary N) is 1. The minimum absolute atomic E-state index is 0.0741. The first kappa shape index (κ1) is 26.7. The van der Waals surface area contributed by atoms with Crippen molar-refractivity contribution in [2.45, 2.75) is 45.0 Å². The average Bonchev–Trinajstić information content (AvgIpc) is 3.10. The van der Waals surface area contributed by atoms with Crippen molar-refractivity contribution in [1.82, 2.24) is 24.6 Å². The van der Waals surface area contributed by atoms with Gasteiger partial charge in [-0.25, -0.2) is 27.4 Å². The quantitative estimate of drug-likeness (QED) is 0.470. The van der Waals surface area contributed by atoms with E-state index in [0.29, 0.717) is 17.3 Å². The topological polar surface area (TPSA) is 100 Å². The van der Waals surface area contributed by atoms with Crippen LogP contribution in [0.15, 0.2) is 12.1 Å². The van der Waals surface area contributed by atoms with Gasteiger partial charge in [-0.3, -0.25) is 19.1 Å². The van der Waals surface area contributed by atoms with Crippen molar-refractivity contribution in [3.05, 3.63) is 45.7 Å². The van der Waals surface area contributed by atoms with Crippen molar-refractivity contribution in [3.8, 4) is 0 Å². The van der Waals surface area contributed by atoms with Crippen LogP contribution in [-0.2, 0) is 29.1 Å². The molecule has 37 heavy (non-hydrogen) atoms. The average molecular weight is 547 g/mol. The summed E-state index contributed by atoms with van der Waals surface area (Å²) < 4.78 is 54.4. The van der Waals surface area contributed by atoms with E-state index in [9.17, 15) is 31.9 Å². The van der Waals surface area contributed by atoms with E-state index < -0.39 is 54.6 Å². The van der Waals surface area contributed by atoms with Crippen LogP contribution >= 0.6 is 11.6 Å². The molecule has 2 unspecified atom stereocenters. The number of hydrogen-bond acceptors (Lipinski definition) is 5. The van der Waals surface area contributed by atoms with E-state index in [-0.39, 0.29) is 35.9 Å². The van der Waals surface area contributed by atoms with Crippen LogP contribution in [0.25, 0.3) is 0 Å². The Hall–Kier alpha value is -3.39. The summed E-state index contributed by atoms with van der Waals surface area (Å²) in [6.45, 7) is 0.617. The van der Waals surface area contributed by atoms with Crippen molar-refractivity contribution in [1.29, 1.82) is 0 Å². The first-order chi connectivity index (χ1) is 17.4. The summed E-state index contributed by atoms with van der Waals surface area (Å²) in [5.41, 5.74) is 0.672. The molecule has 0 spiro atoms. The van der Waals surface area contributed by atoms with Gasteiger partial charge in [0.05, 0.1) is 36.0 Å². The first-order valence-corrected chi connectivity index (χ1v) is 11.5. The van der Waals surface area contributed by atoms with Gasteiger partial charge < -0.3 is 15.1 Å². The van der Waals surface area contributed by atoms with E-state index in [1.165, 1.54) is 23.7 Å². The molecule has 2 aromatic rings. The van der Waals surface area contributed by atoms with E-state index in [0.717, 1.165) is 16.0 Å². The van der Waals surface area contributed by atoms with Crippen LogP contribution in [0.3, 0.4) is 0 Å². The van der Waals surface area contributed by atoms with Gasteiger partial charge >= 0.3 is 6.03 Å². The van der Waals surface area contributed by atoms with Gasteiger partial charge in [-0.2, -0.15) is 5.10 Å². The maximum absolute atomic E-state index is 14.2. The highest BCUT2D eigenvalue weighted by atomic mass is 35.5. The third-order valence-corrected chi connectivity index (χ3v) is 6.46. The number of benzene rings is 1. The van der Waals surface area contributed by atoms with Crippen LogP contribution in [0, 0.1) is 11.6 Å². The number of carbonyl (C=O) groups is 3. The van der Waals surface area contributed by atoms with E-state index in [4.69, 9.17) is 16.4 Å². The third-order valence-electron chi connectivity index (χ3n) is 6.17. The third kappa shape index (κ3) is 5.21. The van der Waals surface area contributed by atoms with E-state index in [2.05, 4.69) is 10.4 Å². The molecule has 0 saturated carbocycles. The number of nitrogens with zero attached hydrogens (tertiary/aromatic N) is 5. The summed E-state index contributed by atoms with van der Waals surface area (Å²) in [4.78, 5) is 46.4. The summed E-state index contributed by atoms with van der Waals surface area (Å²) in [6, 6.07) is 0.364. The van der Waals surface area contributed by atoms with Crippen molar-refractivity contribution in [3.63, 3.8) is 0 Å². The minimum Gasteiger partial charge on any atom is -0.338 e. The number of halogens is 5. The van der Waals surface area contributed by atoms with E-state index in [1.807, 2.05) is 0 Å². The highest BCUT2D eigenvalue weighted by Gasteiger charge is 2.40. The maximum Gasteiger partial charge on any atom is 0.322 e. The lowest BCUT2D eigenvalue weighted by atomic mass is 9.99. The Bertz CT molecular complexity index is 1260.